The monoisotopic (exact) mass is 360 g/mol. The fraction of sp³-hybridized carbons (Fsp3) is 0.579. The molecule has 7 nitrogen and oxygen atoms in total. The van der Waals surface area contributed by atoms with Crippen molar-refractivity contribution in [2.75, 3.05) is 38.4 Å². The minimum Gasteiger partial charge on any atom is -0.454 e. The number of nitrogens with one attached hydrogen (secondary N) is 1. The van der Waals surface area contributed by atoms with E-state index in [2.05, 4.69) is 5.32 Å². The topological polar surface area (TPSA) is 77.1 Å². The van der Waals surface area contributed by atoms with Crippen LogP contribution in [0.3, 0.4) is 0 Å². The van der Waals surface area contributed by atoms with E-state index in [0.29, 0.717) is 43.5 Å². The molecular weight excluding hydrogens is 336 g/mol. The third-order valence-electron chi connectivity index (χ3n) is 5.41. The van der Waals surface area contributed by atoms with Gasteiger partial charge in [0.05, 0.1) is 13.2 Å². The van der Waals surface area contributed by atoms with Crippen LogP contribution >= 0.6 is 0 Å². The Labute approximate surface area is 152 Å². The van der Waals surface area contributed by atoms with Gasteiger partial charge < -0.3 is 24.4 Å². The van der Waals surface area contributed by atoms with Crippen LogP contribution in [0.5, 0.6) is 11.5 Å². The van der Waals surface area contributed by atoms with Gasteiger partial charge in [-0.25, -0.2) is 0 Å². The van der Waals surface area contributed by atoms with E-state index in [9.17, 15) is 9.59 Å². The van der Waals surface area contributed by atoms with Gasteiger partial charge in [-0.2, -0.15) is 0 Å². The van der Waals surface area contributed by atoms with Gasteiger partial charge in [-0.3, -0.25) is 9.59 Å². The van der Waals surface area contributed by atoms with Crippen molar-refractivity contribution in [2.45, 2.75) is 25.7 Å². The summed E-state index contributed by atoms with van der Waals surface area (Å²) < 4.78 is 15.9. The number of ether oxygens (including phenoxy) is 3. The summed E-state index contributed by atoms with van der Waals surface area (Å²) in [5.41, 5.74) is 0.714. The Morgan fingerprint density at radius 1 is 0.962 bits per heavy atom. The van der Waals surface area contributed by atoms with Crippen molar-refractivity contribution in [3.05, 3.63) is 18.2 Å². The zero-order chi connectivity index (χ0) is 17.9. The van der Waals surface area contributed by atoms with E-state index in [-0.39, 0.29) is 30.4 Å². The summed E-state index contributed by atoms with van der Waals surface area (Å²) in [5, 5.41) is 2.96. The molecule has 3 aliphatic rings. The fourth-order valence-electron chi connectivity index (χ4n) is 3.86. The van der Waals surface area contributed by atoms with Crippen molar-refractivity contribution in [1.82, 2.24) is 4.90 Å². The first kappa shape index (κ1) is 17.1. The quantitative estimate of drug-likeness (QED) is 0.892. The molecule has 2 aliphatic heterocycles. The highest BCUT2D eigenvalue weighted by molar-refractivity contribution is 5.93. The van der Waals surface area contributed by atoms with Gasteiger partial charge in [-0.15, -0.1) is 0 Å². The molecule has 7 heteroatoms. The molecule has 1 saturated carbocycles. The Morgan fingerprint density at radius 3 is 2.42 bits per heavy atom. The number of fused-ring (bicyclic) bond motifs is 1. The number of carbonyl (C=O) groups excluding carboxylic acids is 2. The van der Waals surface area contributed by atoms with Crippen molar-refractivity contribution in [3.8, 4) is 11.5 Å². The molecule has 0 atom stereocenters. The first-order chi connectivity index (χ1) is 12.7. The smallest absolute Gasteiger partial charge is 0.231 e. The zero-order valence-electron chi connectivity index (χ0n) is 14.7. The van der Waals surface area contributed by atoms with Crippen molar-refractivity contribution >= 4 is 17.5 Å². The molecule has 1 aliphatic carbocycles. The second-order valence-corrected chi connectivity index (χ2v) is 7.04. The van der Waals surface area contributed by atoms with Gasteiger partial charge in [0.2, 0.25) is 18.6 Å². The maximum atomic E-state index is 12.6. The van der Waals surface area contributed by atoms with Crippen LogP contribution in [-0.4, -0.2) is 49.8 Å². The number of amides is 2. The molecule has 2 amide bonds. The zero-order valence-corrected chi connectivity index (χ0v) is 14.7. The molecule has 1 saturated heterocycles. The first-order valence-electron chi connectivity index (χ1n) is 9.28. The Bertz CT molecular complexity index is 679. The average molecular weight is 360 g/mol. The minimum atomic E-state index is -0.0471. The molecule has 1 N–H and O–H groups in total. The Balaban J connectivity index is 1.28. The number of hydrogen-bond acceptors (Lipinski definition) is 5. The lowest BCUT2D eigenvalue weighted by atomic mass is 9.81. The molecule has 1 aromatic carbocycles. The lowest BCUT2D eigenvalue weighted by Gasteiger charge is -2.33. The Morgan fingerprint density at radius 2 is 1.65 bits per heavy atom. The molecule has 2 heterocycles. The van der Waals surface area contributed by atoms with E-state index in [1.807, 2.05) is 11.0 Å². The third kappa shape index (κ3) is 3.62. The predicted molar refractivity (Wildman–Crippen MR) is 94.0 cm³/mol. The largest absolute Gasteiger partial charge is 0.454 e. The highest BCUT2D eigenvalue weighted by Crippen LogP contribution is 2.35. The van der Waals surface area contributed by atoms with Gasteiger partial charge >= 0.3 is 0 Å². The highest BCUT2D eigenvalue weighted by Gasteiger charge is 2.32. The van der Waals surface area contributed by atoms with Crippen LogP contribution in [0.2, 0.25) is 0 Å². The molecule has 140 valence electrons. The minimum absolute atomic E-state index is 0.0149. The molecule has 2 fully saturated rings. The van der Waals surface area contributed by atoms with Crippen molar-refractivity contribution < 1.29 is 23.8 Å². The van der Waals surface area contributed by atoms with Crippen molar-refractivity contribution in [3.63, 3.8) is 0 Å². The Hall–Kier alpha value is -2.28. The number of hydrogen-bond donors (Lipinski definition) is 1. The van der Waals surface area contributed by atoms with E-state index >= 15 is 0 Å². The highest BCUT2D eigenvalue weighted by atomic mass is 16.7. The van der Waals surface area contributed by atoms with E-state index < -0.39 is 0 Å². The number of rotatable bonds is 3. The van der Waals surface area contributed by atoms with Crippen molar-refractivity contribution in [2.24, 2.45) is 11.8 Å². The maximum Gasteiger partial charge on any atom is 0.231 e. The molecule has 0 aromatic heterocycles. The van der Waals surface area contributed by atoms with E-state index in [1.165, 1.54) is 0 Å². The first-order valence-corrected chi connectivity index (χ1v) is 9.28. The summed E-state index contributed by atoms with van der Waals surface area (Å²) in [6.07, 6.45) is 3.04. The number of carbonyl (C=O) groups is 2. The van der Waals surface area contributed by atoms with Crippen molar-refractivity contribution in [1.29, 1.82) is 0 Å². The van der Waals surface area contributed by atoms with Crippen LogP contribution < -0.4 is 14.8 Å². The van der Waals surface area contributed by atoms with E-state index in [4.69, 9.17) is 14.2 Å². The third-order valence-corrected chi connectivity index (χ3v) is 5.41. The lowest BCUT2D eigenvalue weighted by molar-refractivity contribution is -0.141. The standard InChI is InChI=1S/C19H24N2O5/c22-18(20-15-5-6-16-17(11-15)26-12-25-16)13-1-3-14(4-2-13)19(23)21-7-9-24-10-8-21/h5-6,11,13-14H,1-4,7-10,12H2,(H,20,22). The van der Waals surface area contributed by atoms with Crippen LogP contribution in [0.25, 0.3) is 0 Å². The summed E-state index contributed by atoms with van der Waals surface area (Å²) in [6.45, 7) is 2.83. The van der Waals surface area contributed by atoms with Gasteiger partial charge in [-0.05, 0) is 37.8 Å². The van der Waals surface area contributed by atoms with Gasteiger partial charge in [-0.1, -0.05) is 0 Å². The summed E-state index contributed by atoms with van der Waals surface area (Å²) in [7, 11) is 0. The average Bonchev–Trinajstić information content (AvgIpc) is 3.16. The van der Waals surface area contributed by atoms with Crippen LogP contribution in [0.1, 0.15) is 25.7 Å². The molecule has 26 heavy (non-hydrogen) atoms. The van der Waals surface area contributed by atoms with Crippen LogP contribution in [0.4, 0.5) is 5.69 Å². The molecule has 0 radical (unpaired) electrons. The lowest BCUT2D eigenvalue weighted by Crippen LogP contribution is -2.44. The van der Waals surface area contributed by atoms with Crippen LogP contribution in [0.15, 0.2) is 18.2 Å². The Kier molecular flexibility index (Phi) is 4.97. The number of nitrogens with zero attached hydrogens (tertiary/aromatic N) is 1. The predicted octanol–water partition coefficient (Wildman–Crippen LogP) is 2.02. The van der Waals surface area contributed by atoms with Gasteiger partial charge in [0.1, 0.15) is 0 Å². The summed E-state index contributed by atoms with van der Waals surface area (Å²) >= 11 is 0. The molecule has 1 aromatic rings. The SMILES string of the molecule is O=C(Nc1ccc2c(c1)OCO2)C1CCC(C(=O)N2CCOCC2)CC1. The van der Waals surface area contributed by atoms with Crippen LogP contribution in [0, 0.1) is 11.8 Å². The summed E-state index contributed by atoms with van der Waals surface area (Å²) in [5.74, 6) is 1.59. The molecule has 4 rings (SSSR count). The van der Waals surface area contributed by atoms with E-state index in [0.717, 1.165) is 25.7 Å². The normalized spacial score (nSPS) is 25.0. The fourth-order valence-corrected chi connectivity index (χ4v) is 3.86. The molecular formula is C19H24N2O5. The summed E-state index contributed by atoms with van der Waals surface area (Å²) in [4.78, 5) is 27.0. The number of morpholine rings is 1. The van der Waals surface area contributed by atoms with Gasteiger partial charge in [0.15, 0.2) is 11.5 Å². The van der Waals surface area contributed by atoms with Gasteiger partial charge in [0.25, 0.3) is 0 Å². The number of benzene rings is 1. The molecule has 0 spiro atoms. The molecule has 0 bridgehead atoms. The van der Waals surface area contributed by atoms with Crippen LogP contribution in [-0.2, 0) is 14.3 Å². The molecule has 0 unspecified atom stereocenters. The van der Waals surface area contributed by atoms with E-state index in [1.54, 1.807) is 12.1 Å². The second kappa shape index (κ2) is 7.53. The number of anilines is 1. The second-order valence-electron chi connectivity index (χ2n) is 7.04. The van der Waals surface area contributed by atoms with Gasteiger partial charge in [0, 0.05) is 36.7 Å². The summed E-state index contributed by atoms with van der Waals surface area (Å²) in [6, 6.07) is 5.41. The maximum absolute atomic E-state index is 12.6.